The lowest BCUT2D eigenvalue weighted by Gasteiger charge is -2.33. The van der Waals surface area contributed by atoms with Gasteiger partial charge in [0.2, 0.25) is 5.91 Å². The molecule has 2 rings (SSSR count). The highest BCUT2D eigenvalue weighted by Gasteiger charge is 2.36. The summed E-state index contributed by atoms with van der Waals surface area (Å²) < 4.78 is 28.7. The third-order valence-electron chi connectivity index (χ3n) is 4.93. The molecule has 1 fully saturated rings. The van der Waals surface area contributed by atoms with Crippen molar-refractivity contribution in [1.82, 2.24) is 4.90 Å². The summed E-state index contributed by atoms with van der Waals surface area (Å²) in [5, 5.41) is 2.64. The average molecular weight is 425 g/mol. The fourth-order valence-corrected chi connectivity index (χ4v) is 5.06. The van der Waals surface area contributed by atoms with Gasteiger partial charge in [0.05, 0.1) is 17.9 Å². The summed E-state index contributed by atoms with van der Waals surface area (Å²) in [5.41, 5.74) is 1.32. The molecule has 1 N–H and O–H groups in total. The lowest BCUT2D eigenvalue weighted by Crippen LogP contribution is -2.48. The highest BCUT2D eigenvalue weighted by atomic mass is 32.2. The Kier molecular flexibility index (Phi) is 7.78. The van der Waals surface area contributed by atoms with Crippen LogP contribution in [0, 0.1) is 0 Å². The molecule has 2 atom stereocenters. The molecule has 1 aliphatic rings. The van der Waals surface area contributed by atoms with Crippen molar-refractivity contribution in [3.05, 3.63) is 29.8 Å². The molecule has 9 heteroatoms. The maximum Gasteiger partial charge on any atom is 0.310 e. The number of benzene rings is 1. The Morgan fingerprint density at radius 2 is 1.90 bits per heavy atom. The molecule has 160 valence electrons. The summed E-state index contributed by atoms with van der Waals surface area (Å²) in [5.74, 6) is -1.08. The van der Waals surface area contributed by atoms with Crippen LogP contribution in [0.4, 0.5) is 5.69 Å². The number of carbonyl (C=O) groups is 3. The van der Waals surface area contributed by atoms with E-state index in [-0.39, 0.29) is 41.8 Å². The number of nitrogens with zero attached hydrogens (tertiary/aromatic N) is 1. The van der Waals surface area contributed by atoms with E-state index >= 15 is 0 Å². The van der Waals surface area contributed by atoms with Gasteiger partial charge in [0.1, 0.15) is 0 Å². The molecule has 0 aromatic heterocycles. The first-order valence-electron chi connectivity index (χ1n) is 9.65. The smallest absolute Gasteiger partial charge is 0.310 e. The summed E-state index contributed by atoms with van der Waals surface area (Å²) in [6.07, 6.45) is 1.08. The zero-order valence-corrected chi connectivity index (χ0v) is 17.8. The lowest BCUT2D eigenvalue weighted by molar-refractivity contribution is -0.153. The Hall–Kier alpha value is -2.42. The van der Waals surface area contributed by atoms with E-state index in [1.165, 1.54) is 6.92 Å². The van der Waals surface area contributed by atoms with Crippen LogP contribution in [-0.4, -0.2) is 61.3 Å². The first-order chi connectivity index (χ1) is 13.6. The van der Waals surface area contributed by atoms with Crippen LogP contribution in [0.15, 0.2) is 24.3 Å². The second-order valence-corrected chi connectivity index (χ2v) is 9.56. The van der Waals surface area contributed by atoms with Gasteiger partial charge in [-0.25, -0.2) is 8.42 Å². The van der Waals surface area contributed by atoms with E-state index in [1.54, 1.807) is 29.2 Å². The van der Waals surface area contributed by atoms with Crippen molar-refractivity contribution in [3.8, 4) is 0 Å². The van der Waals surface area contributed by atoms with E-state index in [2.05, 4.69) is 5.32 Å². The van der Waals surface area contributed by atoms with E-state index in [0.717, 1.165) is 0 Å². The van der Waals surface area contributed by atoms with Crippen LogP contribution in [0.3, 0.4) is 0 Å². The molecule has 0 radical (unpaired) electrons. The zero-order valence-electron chi connectivity index (χ0n) is 17.0. The maximum atomic E-state index is 12.7. The second kappa shape index (κ2) is 9.87. The maximum absolute atomic E-state index is 12.7. The van der Waals surface area contributed by atoms with Gasteiger partial charge in [0.25, 0.3) is 5.91 Å². The van der Waals surface area contributed by atoms with Crippen LogP contribution in [0.25, 0.3) is 0 Å². The summed E-state index contributed by atoms with van der Waals surface area (Å²) in [6, 6.07) is 6.25. The Bertz CT molecular complexity index is 850. The molecule has 1 aliphatic heterocycles. The van der Waals surface area contributed by atoms with Gasteiger partial charge in [-0.2, -0.15) is 0 Å². The van der Waals surface area contributed by atoms with Crippen molar-refractivity contribution in [2.75, 3.05) is 23.4 Å². The normalized spacial score (nSPS) is 18.7. The number of nitrogens with one attached hydrogen (secondary N) is 1. The number of carbonyl (C=O) groups excluding carboxylic acids is 3. The van der Waals surface area contributed by atoms with Crippen molar-refractivity contribution >= 4 is 33.3 Å². The SMILES string of the molecule is CC[C@@H](C)N(C(=O)COC(=O)Cc1ccc(NC(C)=O)cc1)[C@@H]1CCS(=O)(=O)C1. The van der Waals surface area contributed by atoms with Gasteiger partial charge < -0.3 is 15.0 Å². The van der Waals surface area contributed by atoms with Gasteiger partial charge in [-0.3, -0.25) is 14.4 Å². The van der Waals surface area contributed by atoms with Crippen molar-refractivity contribution in [3.63, 3.8) is 0 Å². The van der Waals surface area contributed by atoms with E-state index in [4.69, 9.17) is 4.74 Å². The minimum absolute atomic E-state index is 0.00519. The molecule has 1 aromatic carbocycles. The number of amides is 2. The standard InChI is InChI=1S/C20H28N2O6S/c1-4-14(2)22(18-9-10-29(26,27)13-18)19(24)12-28-20(25)11-16-5-7-17(8-6-16)21-15(3)23/h5-8,14,18H,4,9-13H2,1-3H3,(H,21,23)/t14-,18-/m1/s1. The lowest BCUT2D eigenvalue weighted by atomic mass is 10.1. The fraction of sp³-hybridized carbons (Fsp3) is 0.550. The van der Waals surface area contributed by atoms with Crippen molar-refractivity contribution < 1.29 is 27.5 Å². The molecule has 0 bridgehead atoms. The summed E-state index contributed by atoms with van der Waals surface area (Å²) in [7, 11) is -3.13. The van der Waals surface area contributed by atoms with E-state index in [1.807, 2.05) is 13.8 Å². The quantitative estimate of drug-likeness (QED) is 0.634. The molecule has 1 heterocycles. The van der Waals surface area contributed by atoms with Gasteiger partial charge in [-0.15, -0.1) is 0 Å². The van der Waals surface area contributed by atoms with Gasteiger partial charge in [-0.05, 0) is 37.5 Å². The number of ether oxygens (including phenoxy) is 1. The molecule has 1 saturated heterocycles. The van der Waals surface area contributed by atoms with Crippen LogP contribution >= 0.6 is 0 Å². The molecular formula is C20H28N2O6S. The van der Waals surface area contributed by atoms with E-state index in [0.29, 0.717) is 24.1 Å². The summed E-state index contributed by atoms with van der Waals surface area (Å²) in [6.45, 7) is 4.78. The topological polar surface area (TPSA) is 110 Å². The Morgan fingerprint density at radius 1 is 1.24 bits per heavy atom. The number of sulfone groups is 1. The third-order valence-corrected chi connectivity index (χ3v) is 6.69. The first kappa shape index (κ1) is 22.9. The molecule has 0 saturated carbocycles. The molecule has 29 heavy (non-hydrogen) atoms. The number of hydrogen-bond acceptors (Lipinski definition) is 6. The van der Waals surface area contributed by atoms with Crippen LogP contribution in [0.1, 0.15) is 39.2 Å². The van der Waals surface area contributed by atoms with Crippen LogP contribution < -0.4 is 5.32 Å². The van der Waals surface area contributed by atoms with Crippen molar-refractivity contribution in [1.29, 1.82) is 0 Å². The predicted octanol–water partition coefficient (Wildman–Crippen LogP) is 1.54. The molecular weight excluding hydrogens is 396 g/mol. The van der Waals surface area contributed by atoms with Gasteiger partial charge in [0.15, 0.2) is 16.4 Å². The van der Waals surface area contributed by atoms with E-state index in [9.17, 15) is 22.8 Å². The summed E-state index contributed by atoms with van der Waals surface area (Å²) >= 11 is 0. The monoisotopic (exact) mass is 424 g/mol. The van der Waals surface area contributed by atoms with Crippen molar-refractivity contribution in [2.24, 2.45) is 0 Å². The minimum Gasteiger partial charge on any atom is -0.455 e. The predicted molar refractivity (Wildman–Crippen MR) is 109 cm³/mol. The number of anilines is 1. The first-order valence-corrected chi connectivity index (χ1v) is 11.5. The number of hydrogen-bond donors (Lipinski definition) is 1. The molecule has 8 nitrogen and oxygen atoms in total. The van der Waals surface area contributed by atoms with Crippen LogP contribution in [0.5, 0.6) is 0 Å². The highest BCUT2D eigenvalue weighted by molar-refractivity contribution is 7.91. The molecule has 1 aromatic rings. The highest BCUT2D eigenvalue weighted by Crippen LogP contribution is 2.21. The van der Waals surface area contributed by atoms with E-state index < -0.39 is 22.4 Å². The van der Waals surface area contributed by atoms with Crippen LogP contribution in [0.2, 0.25) is 0 Å². The largest absolute Gasteiger partial charge is 0.455 e. The van der Waals surface area contributed by atoms with Gasteiger partial charge in [-0.1, -0.05) is 19.1 Å². The average Bonchev–Trinajstić information content (AvgIpc) is 3.00. The van der Waals surface area contributed by atoms with Gasteiger partial charge >= 0.3 is 5.97 Å². The molecule has 0 spiro atoms. The summed E-state index contributed by atoms with van der Waals surface area (Å²) in [4.78, 5) is 37.3. The molecule has 0 aliphatic carbocycles. The number of rotatable bonds is 8. The number of esters is 1. The van der Waals surface area contributed by atoms with Crippen molar-refractivity contribution in [2.45, 2.75) is 52.1 Å². The molecule has 0 unspecified atom stereocenters. The zero-order chi connectivity index (χ0) is 21.6. The Balaban J connectivity index is 1.91. The molecule has 2 amide bonds. The van der Waals surface area contributed by atoms with Gasteiger partial charge in [0, 0.05) is 24.7 Å². The minimum atomic E-state index is -3.13. The second-order valence-electron chi connectivity index (χ2n) is 7.33. The Morgan fingerprint density at radius 3 is 2.41 bits per heavy atom. The fourth-order valence-electron chi connectivity index (χ4n) is 3.34. The third kappa shape index (κ3) is 6.85. The van der Waals surface area contributed by atoms with Crippen LogP contribution in [-0.2, 0) is 35.4 Å². The Labute approximate surface area is 171 Å².